The van der Waals surface area contributed by atoms with E-state index in [0.717, 1.165) is 25.2 Å². The Labute approximate surface area is 115 Å². The van der Waals surface area contributed by atoms with Crippen molar-refractivity contribution in [3.05, 3.63) is 30.3 Å². The van der Waals surface area contributed by atoms with E-state index in [1.807, 2.05) is 18.2 Å². The molecule has 1 aliphatic rings. The predicted molar refractivity (Wildman–Crippen MR) is 78.7 cm³/mol. The van der Waals surface area contributed by atoms with E-state index in [4.69, 9.17) is 5.84 Å². The smallest absolute Gasteiger partial charge is 0.0550 e. The van der Waals surface area contributed by atoms with Crippen LogP contribution < -0.4 is 21.8 Å². The number of hydrogen-bond acceptors (Lipinski definition) is 5. The van der Waals surface area contributed by atoms with Gasteiger partial charge in [-0.3, -0.25) is 5.01 Å². The van der Waals surface area contributed by atoms with E-state index >= 15 is 0 Å². The van der Waals surface area contributed by atoms with Crippen molar-refractivity contribution in [3.8, 4) is 0 Å². The molecule has 0 unspecified atom stereocenters. The number of hydrazine groups is 4. The fourth-order valence-corrected chi connectivity index (χ4v) is 2.34. The predicted octanol–water partition coefficient (Wildman–Crippen LogP) is 1.95. The number of rotatable bonds is 1. The Morgan fingerprint density at radius 2 is 1.58 bits per heavy atom. The largest absolute Gasteiger partial charge is 0.278 e. The van der Waals surface area contributed by atoms with Crippen molar-refractivity contribution in [2.24, 2.45) is 5.84 Å². The SMILES string of the molecule is NN1NNCCCCCCCCN1c1ccccc1. The van der Waals surface area contributed by atoms with E-state index in [2.05, 4.69) is 28.1 Å². The van der Waals surface area contributed by atoms with E-state index in [1.54, 1.807) is 5.23 Å². The third-order valence-electron chi connectivity index (χ3n) is 3.43. The maximum atomic E-state index is 6.08. The van der Waals surface area contributed by atoms with Gasteiger partial charge in [-0.25, -0.2) is 11.3 Å². The van der Waals surface area contributed by atoms with Crippen LogP contribution in [0.4, 0.5) is 5.69 Å². The Bertz CT molecular complexity index is 343. The summed E-state index contributed by atoms with van der Waals surface area (Å²) >= 11 is 0. The molecule has 1 aromatic carbocycles. The molecule has 0 aliphatic carbocycles. The van der Waals surface area contributed by atoms with Crippen molar-refractivity contribution in [2.75, 3.05) is 18.1 Å². The summed E-state index contributed by atoms with van der Waals surface area (Å²) in [7, 11) is 0. The average Bonchev–Trinajstić information content (AvgIpc) is 2.44. The zero-order chi connectivity index (χ0) is 13.3. The molecule has 19 heavy (non-hydrogen) atoms. The highest BCUT2D eigenvalue weighted by Crippen LogP contribution is 2.15. The van der Waals surface area contributed by atoms with E-state index in [1.165, 1.54) is 32.1 Å². The van der Waals surface area contributed by atoms with Crippen LogP contribution in [0.3, 0.4) is 0 Å². The van der Waals surface area contributed by atoms with Gasteiger partial charge in [-0.15, -0.1) is 0 Å². The summed E-state index contributed by atoms with van der Waals surface area (Å²) in [5.41, 5.74) is 7.31. The summed E-state index contributed by atoms with van der Waals surface area (Å²) < 4.78 is 0. The van der Waals surface area contributed by atoms with Gasteiger partial charge in [0.2, 0.25) is 0 Å². The summed E-state index contributed by atoms with van der Waals surface area (Å²) in [6.45, 7) is 1.87. The Balaban J connectivity index is 1.99. The molecular weight excluding hydrogens is 238 g/mol. The molecule has 1 aromatic rings. The van der Waals surface area contributed by atoms with Crippen LogP contribution >= 0.6 is 0 Å². The van der Waals surface area contributed by atoms with Gasteiger partial charge in [-0.1, -0.05) is 49.1 Å². The van der Waals surface area contributed by atoms with Crippen molar-refractivity contribution < 1.29 is 0 Å². The molecule has 2 rings (SSSR count). The number of nitrogens with two attached hydrogens (primary N) is 1. The fourth-order valence-electron chi connectivity index (χ4n) is 2.34. The molecule has 0 radical (unpaired) electrons. The lowest BCUT2D eigenvalue weighted by molar-refractivity contribution is 0.133. The highest BCUT2D eigenvalue weighted by atomic mass is 16.0. The summed E-state index contributed by atoms with van der Waals surface area (Å²) in [6.07, 6.45) is 7.56. The molecular formula is C14H25N5. The second kappa shape index (κ2) is 8.12. The van der Waals surface area contributed by atoms with Gasteiger partial charge < -0.3 is 0 Å². The molecule has 1 saturated heterocycles. The summed E-state index contributed by atoms with van der Waals surface area (Å²) in [4.78, 5) is 0. The lowest BCUT2D eigenvalue weighted by atomic mass is 10.1. The highest BCUT2D eigenvalue weighted by molar-refractivity contribution is 5.44. The standard InChI is InChI=1S/C14H25N5/c15-19-17-16-12-8-3-1-2-4-9-13-18(19)14-10-6-5-7-11-14/h5-7,10-11,16-17H,1-4,8-9,12-13,15H2. The van der Waals surface area contributed by atoms with E-state index in [-0.39, 0.29) is 0 Å². The van der Waals surface area contributed by atoms with Crippen molar-refractivity contribution >= 4 is 5.69 Å². The maximum absolute atomic E-state index is 6.08. The molecule has 0 amide bonds. The lowest BCUT2D eigenvalue weighted by Gasteiger charge is -2.33. The van der Waals surface area contributed by atoms with Crippen LogP contribution in [0.5, 0.6) is 0 Å². The van der Waals surface area contributed by atoms with Gasteiger partial charge in [0, 0.05) is 13.1 Å². The molecule has 106 valence electrons. The first kappa shape index (κ1) is 14.3. The molecule has 0 saturated carbocycles. The van der Waals surface area contributed by atoms with E-state index < -0.39 is 0 Å². The fraction of sp³-hybridized carbons (Fsp3) is 0.571. The van der Waals surface area contributed by atoms with E-state index in [0.29, 0.717) is 0 Å². The number of nitrogens with zero attached hydrogens (tertiary/aromatic N) is 2. The monoisotopic (exact) mass is 263 g/mol. The molecule has 1 aliphatic heterocycles. The molecule has 1 heterocycles. The van der Waals surface area contributed by atoms with Crippen LogP contribution in [0.15, 0.2) is 30.3 Å². The van der Waals surface area contributed by atoms with Crippen LogP contribution in [0.25, 0.3) is 0 Å². The first-order valence-electron chi connectivity index (χ1n) is 7.24. The quantitative estimate of drug-likeness (QED) is 0.676. The first-order valence-corrected chi connectivity index (χ1v) is 7.24. The normalized spacial score (nSPS) is 20.6. The van der Waals surface area contributed by atoms with Gasteiger partial charge in [-0.05, 0) is 25.0 Å². The highest BCUT2D eigenvalue weighted by Gasteiger charge is 2.12. The van der Waals surface area contributed by atoms with Crippen molar-refractivity contribution in [2.45, 2.75) is 38.5 Å². The lowest BCUT2D eigenvalue weighted by Crippen LogP contribution is -2.60. The minimum atomic E-state index is 0.926. The number of anilines is 1. The Morgan fingerprint density at radius 1 is 0.895 bits per heavy atom. The molecule has 4 N–H and O–H groups in total. The summed E-state index contributed by atoms with van der Waals surface area (Å²) in [5.74, 6) is 6.08. The van der Waals surface area contributed by atoms with Gasteiger partial charge in [0.05, 0.1) is 5.69 Å². The molecule has 0 aromatic heterocycles. The second-order valence-corrected chi connectivity index (χ2v) is 4.96. The van der Waals surface area contributed by atoms with Crippen LogP contribution in [0.2, 0.25) is 0 Å². The Hall–Kier alpha value is -1.14. The Morgan fingerprint density at radius 3 is 2.37 bits per heavy atom. The van der Waals surface area contributed by atoms with Gasteiger partial charge in [-0.2, -0.15) is 5.53 Å². The maximum Gasteiger partial charge on any atom is 0.0550 e. The third kappa shape index (κ3) is 4.80. The van der Waals surface area contributed by atoms with Crippen LogP contribution in [-0.2, 0) is 0 Å². The molecule has 0 spiro atoms. The molecule has 5 heteroatoms. The summed E-state index contributed by atoms with van der Waals surface area (Å²) in [6, 6.07) is 10.2. The number of hydrogen-bond donors (Lipinski definition) is 3. The van der Waals surface area contributed by atoms with Crippen molar-refractivity contribution in [1.82, 2.24) is 16.2 Å². The van der Waals surface area contributed by atoms with Gasteiger partial charge in [0.25, 0.3) is 0 Å². The van der Waals surface area contributed by atoms with E-state index in [9.17, 15) is 0 Å². The zero-order valence-electron chi connectivity index (χ0n) is 11.5. The molecule has 0 bridgehead atoms. The van der Waals surface area contributed by atoms with Crippen molar-refractivity contribution in [3.63, 3.8) is 0 Å². The first-order chi connectivity index (χ1) is 9.38. The van der Waals surface area contributed by atoms with Gasteiger partial charge in [0.15, 0.2) is 0 Å². The van der Waals surface area contributed by atoms with Crippen LogP contribution in [-0.4, -0.2) is 18.3 Å². The third-order valence-corrected chi connectivity index (χ3v) is 3.43. The second-order valence-electron chi connectivity index (χ2n) is 4.96. The number of para-hydroxylation sites is 1. The zero-order valence-corrected chi connectivity index (χ0v) is 11.5. The van der Waals surface area contributed by atoms with Crippen LogP contribution in [0.1, 0.15) is 38.5 Å². The minimum absolute atomic E-state index is 0.926. The molecule has 0 atom stereocenters. The topological polar surface area (TPSA) is 56.6 Å². The molecule has 1 fully saturated rings. The Kier molecular flexibility index (Phi) is 6.10. The minimum Gasteiger partial charge on any atom is -0.278 e. The number of benzene rings is 1. The van der Waals surface area contributed by atoms with Crippen molar-refractivity contribution in [1.29, 1.82) is 0 Å². The van der Waals surface area contributed by atoms with Gasteiger partial charge in [0.1, 0.15) is 0 Å². The average molecular weight is 263 g/mol. The van der Waals surface area contributed by atoms with Gasteiger partial charge >= 0.3 is 0 Å². The molecule has 5 nitrogen and oxygen atoms in total. The number of nitrogens with one attached hydrogen (secondary N) is 2. The van der Waals surface area contributed by atoms with Crippen LogP contribution in [0, 0.1) is 0 Å². The summed E-state index contributed by atoms with van der Waals surface area (Å²) in [5, 5.41) is 3.62.